The Morgan fingerprint density at radius 3 is 2.35 bits per heavy atom. The molecule has 0 spiro atoms. The third kappa shape index (κ3) is 3.96. The van der Waals surface area contributed by atoms with Crippen molar-refractivity contribution in [1.29, 1.82) is 5.26 Å². The molecule has 0 aromatic carbocycles. The SMILES string of the molecule is C=C(C)C12CCC3(CC[C@]4(C)C(CCC5[C@@](C)(CC#N)C(C(C)(C)COC(=O)CCC(=O)O)CC[C@]54C)C31)CO2. The molecule has 222 valence electrons. The Hall–Kier alpha value is -1.87. The maximum atomic E-state index is 12.3. The summed E-state index contributed by atoms with van der Waals surface area (Å²) in [5, 5.41) is 19.1. The van der Waals surface area contributed by atoms with E-state index < -0.39 is 11.9 Å². The second-order valence-corrected chi connectivity index (χ2v) is 15.8. The highest BCUT2D eigenvalue weighted by molar-refractivity contribution is 5.76. The highest BCUT2D eigenvalue weighted by Crippen LogP contribution is 2.78. The lowest BCUT2D eigenvalue weighted by molar-refractivity contribution is -0.226. The third-order valence-electron chi connectivity index (χ3n) is 13.8. The number of rotatable bonds is 8. The summed E-state index contributed by atoms with van der Waals surface area (Å²) in [4.78, 5) is 23.2. The molecule has 40 heavy (non-hydrogen) atoms. The van der Waals surface area contributed by atoms with Crippen LogP contribution in [0.3, 0.4) is 0 Å². The summed E-state index contributed by atoms with van der Waals surface area (Å²) in [6.45, 7) is 19.6. The fraction of sp³-hybridized carbons (Fsp3) is 0.853. The van der Waals surface area contributed by atoms with Crippen molar-refractivity contribution in [2.45, 2.75) is 118 Å². The van der Waals surface area contributed by atoms with Crippen LogP contribution in [0.15, 0.2) is 12.2 Å². The average Bonchev–Trinajstić information content (AvgIpc) is 3.40. The van der Waals surface area contributed by atoms with Crippen molar-refractivity contribution in [2.75, 3.05) is 13.2 Å². The summed E-state index contributed by atoms with van der Waals surface area (Å²) in [6, 6.07) is 2.59. The zero-order valence-electron chi connectivity index (χ0n) is 25.7. The number of esters is 1. The van der Waals surface area contributed by atoms with Gasteiger partial charge in [0.25, 0.3) is 0 Å². The summed E-state index contributed by atoms with van der Waals surface area (Å²) < 4.78 is 12.4. The summed E-state index contributed by atoms with van der Waals surface area (Å²) in [5.41, 5.74) is 1.15. The predicted molar refractivity (Wildman–Crippen MR) is 153 cm³/mol. The van der Waals surface area contributed by atoms with Crippen LogP contribution in [0.1, 0.15) is 112 Å². The standard InChI is InChI=1S/C34H51NO5/c1-22(2)34-17-16-33(21-40-34)15-14-31(6)23(28(33)34)8-9-25-30(5,18-19-35)24(12-13-32(25,31)7)29(3,4)20-39-27(38)11-10-26(36)37/h23-25,28H,1,8-18,20-21H2,2-7H3,(H,36,37)/t23?,24?,25?,28?,30-,31+,32+,33?,34?/m0/s1. The van der Waals surface area contributed by atoms with E-state index in [0.29, 0.717) is 29.6 Å². The molecule has 0 aromatic rings. The second-order valence-electron chi connectivity index (χ2n) is 15.8. The van der Waals surface area contributed by atoms with Gasteiger partial charge < -0.3 is 14.6 Å². The molecule has 4 aliphatic carbocycles. The molecule has 1 N–H and O–H groups in total. The number of nitriles is 1. The molecule has 5 aliphatic rings. The molecule has 1 saturated heterocycles. The Kier molecular flexibility index (Phi) is 7.09. The monoisotopic (exact) mass is 553 g/mol. The number of fused-ring (bicyclic) bond motifs is 3. The molecule has 5 fully saturated rings. The van der Waals surface area contributed by atoms with E-state index in [2.05, 4.69) is 54.2 Å². The Balaban J connectivity index is 1.44. The molecule has 6 nitrogen and oxygen atoms in total. The number of nitrogens with zero attached hydrogens (tertiary/aromatic N) is 1. The molecule has 6 heteroatoms. The van der Waals surface area contributed by atoms with Crippen molar-refractivity contribution in [3.8, 4) is 6.07 Å². The number of hydrogen-bond acceptors (Lipinski definition) is 5. The number of carboxylic acids is 1. The van der Waals surface area contributed by atoms with E-state index >= 15 is 0 Å². The third-order valence-corrected chi connectivity index (χ3v) is 13.8. The molecular formula is C34H51NO5. The first-order valence-corrected chi connectivity index (χ1v) is 15.7. The number of ether oxygens (including phenoxy) is 2. The van der Waals surface area contributed by atoms with Crippen LogP contribution < -0.4 is 0 Å². The maximum absolute atomic E-state index is 12.3. The van der Waals surface area contributed by atoms with Crippen LogP contribution in [0.4, 0.5) is 0 Å². The first-order chi connectivity index (χ1) is 18.6. The van der Waals surface area contributed by atoms with Crippen LogP contribution >= 0.6 is 0 Å². The molecule has 6 unspecified atom stereocenters. The summed E-state index contributed by atoms with van der Waals surface area (Å²) >= 11 is 0. The number of aliphatic carboxylic acids is 1. The average molecular weight is 554 g/mol. The van der Waals surface area contributed by atoms with E-state index in [1.54, 1.807) is 0 Å². The van der Waals surface area contributed by atoms with E-state index in [9.17, 15) is 14.9 Å². The number of hydrogen-bond donors (Lipinski definition) is 1. The van der Waals surface area contributed by atoms with Gasteiger partial charge in [-0.3, -0.25) is 9.59 Å². The van der Waals surface area contributed by atoms with Crippen LogP contribution in [0.5, 0.6) is 0 Å². The van der Waals surface area contributed by atoms with Crippen LogP contribution in [0.25, 0.3) is 0 Å². The lowest BCUT2D eigenvalue weighted by Gasteiger charge is -2.71. The molecular weight excluding hydrogens is 502 g/mol. The van der Waals surface area contributed by atoms with Gasteiger partial charge in [-0.1, -0.05) is 41.2 Å². The minimum absolute atomic E-state index is 0.107. The molecule has 1 heterocycles. The Morgan fingerprint density at radius 1 is 1.05 bits per heavy atom. The van der Waals surface area contributed by atoms with Gasteiger partial charge >= 0.3 is 11.9 Å². The van der Waals surface area contributed by atoms with Gasteiger partial charge in [-0.25, -0.2) is 0 Å². The predicted octanol–water partition coefficient (Wildman–Crippen LogP) is 7.32. The van der Waals surface area contributed by atoms with Gasteiger partial charge in [0.1, 0.15) is 0 Å². The molecule has 5 rings (SSSR count). The van der Waals surface area contributed by atoms with Crippen molar-refractivity contribution in [3.05, 3.63) is 12.2 Å². The van der Waals surface area contributed by atoms with Crippen molar-refractivity contribution < 1.29 is 24.2 Å². The van der Waals surface area contributed by atoms with Gasteiger partial charge in [0, 0.05) is 23.2 Å². The minimum atomic E-state index is -0.992. The molecule has 2 bridgehead atoms. The molecule has 1 aliphatic heterocycles. The number of carbonyl (C=O) groups is 2. The highest BCUT2D eigenvalue weighted by Gasteiger charge is 2.74. The lowest BCUT2D eigenvalue weighted by Crippen LogP contribution is -2.65. The van der Waals surface area contributed by atoms with Crippen LogP contribution in [-0.4, -0.2) is 35.9 Å². The van der Waals surface area contributed by atoms with Gasteiger partial charge in [-0.05, 0) is 97.9 Å². The first kappa shape index (κ1) is 29.6. The molecule has 9 atom stereocenters. The lowest BCUT2D eigenvalue weighted by atomic mass is 9.33. The van der Waals surface area contributed by atoms with Gasteiger partial charge in [-0.2, -0.15) is 5.26 Å². The van der Waals surface area contributed by atoms with Crippen LogP contribution in [-0.2, 0) is 19.1 Å². The number of carboxylic acid groups (broad SMARTS) is 1. The van der Waals surface area contributed by atoms with Crippen molar-refractivity contribution in [3.63, 3.8) is 0 Å². The molecule has 0 aromatic heterocycles. The molecule has 0 radical (unpaired) electrons. The number of carbonyl (C=O) groups excluding carboxylic acids is 1. The van der Waals surface area contributed by atoms with E-state index in [4.69, 9.17) is 14.6 Å². The van der Waals surface area contributed by atoms with E-state index in [1.165, 1.54) is 31.3 Å². The Labute approximate surface area is 241 Å². The zero-order valence-corrected chi connectivity index (χ0v) is 25.7. The highest BCUT2D eigenvalue weighted by atomic mass is 16.5. The quantitative estimate of drug-likeness (QED) is 0.250. The zero-order chi connectivity index (χ0) is 29.4. The second kappa shape index (κ2) is 9.58. The minimum Gasteiger partial charge on any atom is -0.481 e. The van der Waals surface area contributed by atoms with E-state index in [-0.39, 0.29) is 52.6 Å². The van der Waals surface area contributed by atoms with Crippen LogP contribution in [0.2, 0.25) is 0 Å². The first-order valence-electron chi connectivity index (χ1n) is 15.7. The summed E-state index contributed by atoms with van der Waals surface area (Å²) in [5.74, 6) is 0.353. The summed E-state index contributed by atoms with van der Waals surface area (Å²) in [7, 11) is 0. The fourth-order valence-corrected chi connectivity index (χ4v) is 11.7. The van der Waals surface area contributed by atoms with Crippen molar-refractivity contribution >= 4 is 11.9 Å². The van der Waals surface area contributed by atoms with Crippen molar-refractivity contribution in [1.82, 2.24) is 0 Å². The normalized spacial score (nSPS) is 45.5. The van der Waals surface area contributed by atoms with Crippen LogP contribution in [0, 0.1) is 62.1 Å². The molecule has 4 saturated carbocycles. The van der Waals surface area contributed by atoms with Gasteiger partial charge in [0.2, 0.25) is 0 Å². The van der Waals surface area contributed by atoms with E-state index in [0.717, 1.165) is 32.3 Å². The summed E-state index contributed by atoms with van der Waals surface area (Å²) in [6.07, 6.45) is 9.46. The van der Waals surface area contributed by atoms with Gasteiger partial charge in [0.05, 0.1) is 37.7 Å². The smallest absolute Gasteiger partial charge is 0.306 e. The topological polar surface area (TPSA) is 96.6 Å². The fourth-order valence-electron chi connectivity index (χ4n) is 11.7. The maximum Gasteiger partial charge on any atom is 0.306 e. The largest absolute Gasteiger partial charge is 0.481 e. The van der Waals surface area contributed by atoms with Gasteiger partial charge in [0.15, 0.2) is 0 Å². The Morgan fingerprint density at radius 2 is 1.75 bits per heavy atom. The van der Waals surface area contributed by atoms with E-state index in [1.807, 2.05) is 0 Å². The van der Waals surface area contributed by atoms with Gasteiger partial charge in [-0.15, -0.1) is 0 Å². The molecule has 0 amide bonds. The van der Waals surface area contributed by atoms with Crippen molar-refractivity contribution in [2.24, 2.45) is 50.7 Å². The Bertz CT molecular complexity index is 1110.